The van der Waals surface area contributed by atoms with Crippen LogP contribution in [0.1, 0.15) is 43.0 Å². The molecule has 1 N–H and O–H groups in total. The average molecular weight is 274 g/mol. The van der Waals surface area contributed by atoms with Gasteiger partial charge in [-0.05, 0) is 37.0 Å². The molecule has 1 aromatic carbocycles. The number of nitrogens with one attached hydrogen (secondary N) is 1. The molecule has 1 fully saturated rings. The van der Waals surface area contributed by atoms with E-state index in [0.29, 0.717) is 12.0 Å². The van der Waals surface area contributed by atoms with Crippen LogP contribution in [-0.2, 0) is 0 Å². The number of thiazole rings is 1. The number of hydrogen-bond donors (Lipinski definition) is 1. The first kappa shape index (κ1) is 12.6. The second-order valence-corrected chi connectivity index (χ2v) is 6.26. The summed E-state index contributed by atoms with van der Waals surface area (Å²) in [5, 5.41) is 3.19. The molecule has 1 saturated carbocycles. The Kier molecular flexibility index (Phi) is 3.51. The maximum absolute atomic E-state index is 12.3. The monoisotopic (exact) mass is 274 g/mol. The van der Waals surface area contributed by atoms with Crippen LogP contribution in [0.2, 0.25) is 0 Å². The Bertz CT molecular complexity index is 593. The van der Waals surface area contributed by atoms with Gasteiger partial charge in [-0.2, -0.15) is 0 Å². The van der Waals surface area contributed by atoms with Gasteiger partial charge in [0.25, 0.3) is 5.91 Å². The number of rotatable bonds is 2. The molecule has 1 amide bonds. The van der Waals surface area contributed by atoms with Crippen LogP contribution in [0, 0.1) is 5.92 Å². The maximum atomic E-state index is 12.3. The first-order valence-electron chi connectivity index (χ1n) is 6.88. The fourth-order valence-corrected chi connectivity index (χ4v) is 3.50. The summed E-state index contributed by atoms with van der Waals surface area (Å²) in [5.74, 6) is 0.638. The molecule has 1 aliphatic rings. The van der Waals surface area contributed by atoms with Crippen LogP contribution in [0.4, 0.5) is 0 Å². The Morgan fingerprint density at radius 2 is 2.21 bits per heavy atom. The van der Waals surface area contributed by atoms with Crippen molar-refractivity contribution in [2.75, 3.05) is 0 Å². The Morgan fingerprint density at radius 3 is 3.05 bits per heavy atom. The van der Waals surface area contributed by atoms with Crippen molar-refractivity contribution < 1.29 is 4.79 Å². The summed E-state index contributed by atoms with van der Waals surface area (Å²) in [7, 11) is 0. The number of hydrogen-bond acceptors (Lipinski definition) is 3. The van der Waals surface area contributed by atoms with E-state index in [1.54, 1.807) is 11.3 Å². The molecule has 3 nitrogen and oxygen atoms in total. The van der Waals surface area contributed by atoms with E-state index in [-0.39, 0.29) is 5.91 Å². The van der Waals surface area contributed by atoms with Gasteiger partial charge < -0.3 is 5.32 Å². The molecule has 0 saturated heterocycles. The molecule has 1 heterocycles. The van der Waals surface area contributed by atoms with Crippen molar-refractivity contribution >= 4 is 27.5 Å². The van der Waals surface area contributed by atoms with Gasteiger partial charge in [0.2, 0.25) is 0 Å². The SMILES string of the molecule is C[C@@H]1CCCC[C@@H]1NC(=O)c1ccc2ncsc2c1. The molecule has 2 aromatic rings. The highest BCUT2D eigenvalue weighted by atomic mass is 32.1. The molecule has 0 bridgehead atoms. The van der Waals surface area contributed by atoms with Crippen molar-refractivity contribution in [2.24, 2.45) is 5.92 Å². The van der Waals surface area contributed by atoms with Gasteiger partial charge in [0, 0.05) is 11.6 Å². The predicted molar refractivity (Wildman–Crippen MR) is 78.5 cm³/mol. The topological polar surface area (TPSA) is 42.0 Å². The van der Waals surface area contributed by atoms with E-state index in [4.69, 9.17) is 0 Å². The van der Waals surface area contributed by atoms with E-state index in [2.05, 4.69) is 17.2 Å². The molecule has 0 aliphatic heterocycles. The lowest BCUT2D eigenvalue weighted by Gasteiger charge is -2.29. The summed E-state index contributed by atoms with van der Waals surface area (Å²) >= 11 is 1.57. The van der Waals surface area contributed by atoms with Crippen molar-refractivity contribution in [2.45, 2.75) is 38.6 Å². The maximum Gasteiger partial charge on any atom is 0.251 e. The van der Waals surface area contributed by atoms with Crippen molar-refractivity contribution in [3.63, 3.8) is 0 Å². The third-order valence-electron chi connectivity index (χ3n) is 4.02. The average Bonchev–Trinajstić information content (AvgIpc) is 2.88. The first-order valence-corrected chi connectivity index (χ1v) is 7.76. The van der Waals surface area contributed by atoms with Crippen molar-refractivity contribution in [3.05, 3.63) is 29.3 Å². The van der Waals surface area contributed by atoms with Gasteiger partial charge in [-0.15, -0.1) is 11.3 Å². The van der Waals surface area contributed by atoms with Crippen LogP contribution < -0.4 is 5.32 Å². The van der Waals surface area contributed by atoms with E-state index < -0.39 is 0 Å². The summed E-state index contributed by atoms with van der Waals surface area (Å²) in [6, 6.07) is 6.06. The molecule has 19 heavy (non-hydrogen) atoms. The quantitative estimate of drug-likeness (QED) is 0.909. The highest BCUT2D eigenvalue weighted by Gasteiger charge is 2.23. The molecule has 1 aliphatic carbocycles. The van der Waals surface area contributed by atoms with Crippen LogP contribution in [-0.4, -0.2) is 16.9 Å². The summed E-state index contributed by atoms with van der Waals surface area (Å²) < 4.78 is 1.07. The number of benzene rings is 1. The number of nitrogens with zero attached hydrogens (tertiary/aromatic N) is 1. The number of aromatic nitrogens is 1. The van der Waals surface area contributed by atoms with Gasteiger partial charge in [0.05, 0.1) is 15.7 Å². The lowest BCUT2D eigenvalue weighted by Crippen LogP contribution is -2.41. The van der Waals surface area contributed by atoms with E-state index in [1.807, 2.05) is 23.7 Å². The molecule has 1 aromatic heterocycles. The highest BCUT2D eigenvalue weighted by Crippen LogP contribution is 2.24. The fraction of sp³-hybridized carbons (Fsp3) is 0.467. The zero-order valence-electron chi connectivity index (χ0n) is 11.1. The summed E-state index contributed by atoms with van der Waals surface area (Å²) in [4.78, 5) is 16.5. The molecule has 0 unspecified atom stereocenters. The molecule has 0 radical (unpaired) electrons. The van der Waals surface area contributed by atoms with Gasteiger partial charge in [-0.3, -0.25) is 4.79 Å². The predicted octanol–water partition coefficient (Wildman–Crippen LogP) is 3.60. The molecular weight excluding hydrogens is 256 g/mol. The van der Waals surface area contributed by atoms with E-state index in [1.165, 1.54) is 19.3 Å². The van der Waals surface area contributed by atoms with Gasteiger partial charge in [0.15, 0.2) is 0 Å². The first-order chi connectivity index (χ1) is 9.24. The number of amides is 1. The molecule has 2 atom stereocenters. The van der Waals surface area contributed by atoms with Crippen LogP contribution in [0.25, 0.3) is 10.2 Å². The summed E-state index contributed by atoms with van der Waals surface area (Å²) in [6.07, 6.45) is 4.85. The Labute approximate surface area is 117 Å². The van der Waals surface area contributed by atoms with Gasteiger partial charge in [0.1, 0.15) is 0 Å². The molecule has 0 spiro atoms. The van der Waals surface area contributed by atoms with Gasteiger partial charge in [-0.1, -0.05) is 19.8 Å². The van der Waals surface area contributed by atoms with E-state index in [9.17, 15) is 4.79 Å². The van der Waals surface area contributed by atoms with Crippen LogP contribution in [0.15, 0.2) is 23.7 Å². The molecule has 100 valence electrons. The minimum Gasteiger partial charge on any atom is -0.349 e. The fourth-order valence-electron chi connectivity index (χ4n) is 2.78. The third kappa shape index (κ3) is 2.63. The van der Waals surface area contributed by atoms with Crippen molar-refractivity contribution in [1.82, 2.24) is 10.3 Å². The minimum atomic E-state index is 0.0500. The second-order valence-electron chi connectivity index (χ2n) is 5.38. The normalized spacial score (nSPS) is 23.4. The largest absolute Gasteiger partial charge is 0.349 e. The Balaban J connectivity index is 1.75. The standard InChI is InChI=1S/C15H18N2OS/c1-10-4-2-3-5-12(10)17-15(18)11-6-7-13-14(8-11)19-9-16-13/h6-10,12H,2-5H2,1H3,(H,17,18)/t10-,12+/m1/s1. The minimum absolute atomic E-state index is 0.0500. The van der Waals surface area contributed by atoms with E-state index >= 15 is 0 Å². The Morgan fingerprint density at radius 1 is 1.37 bits per heavy atom. The zero-order valence-corrected chi connectivity index (χ0v) is 11.9. The lowest BCUT2D eigenvalue weighted by molar-refractivity contribution is 0.0910. The van der Waals surface area contributed by atoms with Crippen molar-refractivity contribution in [3.8, 4) is 0 Å². The lowest BCUT2D eigenvalue weighted by atomic mass is 9.86. The summed E-state index contributed by atoms with van der Waals surface area (Å²) in [5.41, 5.74) is 3.53. The number of carbonyl (C=O) groups is 1. The third-order valence-corrected chi connectivity index (χ3v) is 4.81. The van der Waals surface area contributed by atoms with Crippen LogP contribution in [0.5, 0.6) is 0 Å². The molecule has 4 heteroatoms. The zero-order chi connectivity index (χ0) is 13.2. The van der Waals surface area contributed by atoms with Gasteiger partial charge >= 0.3 is 0 Å². The number of fused-ring (bicyclic) bond motifs is 1. The summed E-state index contributed by atoms with van der Waals surface area (Å²) in [6.45, 7) is 2.23. The van der Waals surface area contributed by atoms with Crippen molar-refractivity contribution in [1.29, 1.82) is 0 Å². The molecule has 3 rings (SSSR count). The van der Waals surface area contributed by atoms with Crippen LogP contribution >= 0.6 is 11.3 Å². The van der Waals surface area contributed by atoms with Crippen LogP contribution in [0.3, 0.4) is 0 Å². The Hall–Kier alpha value is -1.42. The smallest absolute Gasteiger partial charge is 0.251 e. The van der Waals surface area contributed by atoms with E-state index in [0.717, 1.165) is 22.2 Å². The molecular formula is C15H18N2OS. The van der Waals surface area contributed by atoms with Gasteiger partial charge in [-0.25, -0.2) is 4.98 Å². The number of carbonyl (C=O) groups excluding carboxylic acids is 1. The second kappa shape index (κ2) is 5.29. The highest BCUT2D eigenvalue weighted by molar-refractivity contribution is 7.16.